The van der Waals surface area contributed by atoms with Crippen LogP contribution in [-0.2, 0) is 19.2 Å². The fourth-order valence-corrected chi connectivity index (χ4v) is 2.22. The lowest BCUT2D eigenvalue weighted by atomic mass is 10.0. The van der Waals surface area contributed by atoms with E-state index in [4.69, 9.17) is 16.6 Å². The van der Waals surface area contributed by atoms with Crippen molar-refractivity contribution in [1.82, 2.24) is 10.6 Å². The fraction of sp³-hybridized carbons (Fsp3) is 0.750. The third-order valence-corrected chi connectivity index (χ3v) is 3.60. The van der Waals surface area contributed by atoms with E-state index in [0.29, 0.717) is 6.42 Å². The van der Waals surface area contributed by atoms with Gasteiger partial charge < -0.3 is 27.2 Å². The quantitative estimate of drug-likeness (QED) is 0.329. The molecule has 0 aromatic carbocycles. The lowest BCUT2D eigenvalue weighted by molar-refractivity contribution is -0.143. The second kappa shape index (κ2) is 10.7. The third kappa shape index (κ3) is 9.04. The van der Waals surface area contributed by atoms with Gasteiger partial charge in [0.15, 0.2) is 0 Å². The first-order valence-electron chi connectivity index (χ1n) is 8.33. The number of carboxylic acids is 1. The van der Waals surface area contributed by atoms with Crippen LogP contribution in [0, 0.1) is 11.8 Å². The predicted molar refractivity (Wildman–Crippen MR) is 92.2 cm³/mol. The molecule has 9 nitrogen and oxygen atoms in total. The highest BCUT2D eigenvalue weighted by atomic mass is 16.4. The first-order valence-corrected chi connectivity index (χ1v) is 8.33. The second-order valence-electron chi connectivity index (χ2n) is 6.87. The predicted octanol–water partition coefficient (Wildman–Crippen LogP) is -0.664. The Bertz CT molecular complexity index is 493. The Balaban J connectivity index is 5.07. The number of carbonyl (C=O) groups is 4. The molecule has 0 aliphatic carbocycles. The SMILES string of the molecule is CC(C)CC(N)C(=O)NC(CCC(N)=O)C(=O)NC(C(=O)O)C(C)C. The highest BCUT2D eigenvalue weighted by Crippen LogP contribution is 2.07. The van der Waals surface area contributed by atoms with E-state index >= 15 is 0 Å². The molecule has 0 fully saturated rings. The van der Waals surface area contributed by atoms with E-state index in [1.54, 1.807) is 13.8 Å². The molecule has 7 N–H and O–H groups in total. The Hall–Kier alpha value is -2.16. The number of carboxylic acid groups (broad SMARTS) is 1. The molecule has 0 spiro atoms. The van der Waals surface area contributed by atoms with Crippen LogP contribution < -0.4 is 22.1 Å². The van der Waals surface area contributed by atoms with E-state index in [-0.39, 0.29) is 24.7 Å². The van der Waals surface area contributed by atoms with Crippen molar-refractivity contribution in [1.29, 1.82) is 0 Å². The summed E-state index contributed by atoms with van der Waals surface area (Å²) < 4.78 is 0. The summed E-state index contributed by atoms with van der Waals surface area (Å²) in [5.41, 5.74) is 10.9. The van der Waals surface area contributed by atoms with Gasteiger partial charge in [0, 0.05) is 6.42 Å². The molecule has 0 rings (SSSR count). The van der Waals surface area contributed by atoms with Crippen LogP contribution in [0.4, 0.5) is 0 Å². The monoisotopic (exact) mass is 358 g/mol. The van der Waals surface area contributed by atoms with Gasteiger partial charge in [-0.1, -0.05) is 27.7 Å². The van der Waals surface area contributed by atoms with E-state index in [2.05, 4.69) is 10.6 Å². The Labute approximate surface area is 147 Å². The molecule has 3 unspecified atom stereocenters. The topological polar surface area (TPSA) is 165 Å². The van der Waals surface area contributed by atoms with Crippen LogP contribution in [0.2, 0.25) is 0 Å². The van der Waals surface area contributed by atoms with Crippen LogP contribution >= 0.6 is 0 Å². The number of carbonyl (C=O) groups excluding carboxylic acids is 3. The van der Waals surface area contributed by atoms with E-state index < -0.39 is 41.8 Å². The van der Waals surface area contributed by atoms with Gasteiger partial charge in [0.2, 0.25) is 17.7 Å². The van der Waals surface area contributed by atoms with Crippen LogP contribution in [0.3, 0.4) is 0 Å². The molecule has 3 atom stereocenters. The lowest BCUT2D eigenvalue weighted by Crippen LogP contribution is -2.55. The molecule has 0 radical (unpaired) electrons. The second-order valence-corrected chi connectivity index (χ2v) is 6.87. The maximum absolute atomic E-state index is 12.4. The van der Waals surface area contributed by atoms with Crippen LogP contribution in [0.5, 0.6) is 0 Å². The van der Waals surface area contributed by atoms with Crippen LogP contribution in [0.1, 0.15) is 47.0 Å². The Morgan fingerprint density at radius 2 is 1.56 bits per heavy atom. The Morgan fingerprint density at radius 3 is 1.96 bits per heavy atom. The van der Waals surface area contributed by atoms with E-state index in [0.717, 1.165) is 0 Å². The van der Waals surface area contributed by atoms with Gasteiger partial charge in [-0.25, -0.2) is 4.79 Å². The molecule has 0 aliphatic heterocycles. The smallest absolute Gasteiger partial charge is 0.326 e. The van der Waals surface area contributed by atoms with E-state index in [9.17, 15) is 19.2 Å². The third-order valence-electron chi connectivity index (χ3n) is 3.60. The van der Waals surface area contributed by atoms with Crippen molar-refractivity contribution in [3.05, 3.63) is 0 Å². The number of hydrogen-bond acceptors (Lipinski definition) is 5. The standard InChI is InChI=1S/C16H30N4O5/c1-8(2)7-10(17)14(22)19-11(5-6-12(18)21)15(23)20-13(9(3)4)16(24)25/h8-11,13H,5-7,17H2,1-4H3,(H2,18,21)(H,19,22)(H,20,23)(H,24,25). The number of amides is 3. The summed E-state index contributed by atoms with van der Waals surface area (Å²) in [5.74, 6) is -3.19. The number of hydrogen-bond donors (Lipinski definition) is 5. The van der Waals surface area contributed by atoms with Gasteiger partial charge in [-0.05, 0) is 24.7 Å². The number of aliphatic carboxylic acids is 1. The molecule has 3 amide bonds. The molecule has 0 saturated heterocycles. The highest BCUT2D eigenvalue weighted by Gasteiger charge is 2.29. The molecule has 0 heterocycles. The molecule has 0 bridgehead atoms. The molecule has 25 heavy (non-hydrogen) atoms. The average Bonchev–Trinajstić information content (AvgIpc) is 2.46. The molecule has 0 aliphatic rings. The van der Waals surface area contributed by atoms with Crippen LogP contribution in [-0.4, -0.2) is 46.9 Å². The van der Waals surface area contributed by atoms with Gasteiger partial charge in [-0.15, -0.1) is 0 Å². The van der Waals surface area contributed by atoms with Gasteiger partial charge in [0.25, 0.3) is 0 Å². The molecule has 144 valence electrons. The minimum Gasteiger partial charge on any atom is -0.480 e. The summed E-state index contributed by atoms with van der Waals surface area (Å²) in [6.07, 6.45) is 0.267. The van der Waals surface area contributed by atoms with Crippen molar-refractivity contribution in [3.8, 4) is 0 Å². The van der Waals surface area contributed by atoms with E-state index in [1.807, 2.05) is 13.8 Å². The molecule has 0 saturated carbocycles. The lowest BCUT2D eigenvalue weighted by Gasteiger charge is -2.24. The number of nitrogens with two attached hydrogens (primary N) is 2. The maximum Gasteiger partial charge on any atom is 0.326 e. The van der Waals surface area contributed by atoms with Crippen molar-refractivity contribution >= 4 is 23.7 Å². The van der Waals surface area contributed by atoms with Crippen molar-refractivity contribution < 1.29 is 24.3 Å². The summed E-state index contributed by atoms with van der Waals surface area (Å²) in [4.78, 5) is 46.7. The summed E-state index contributed by atoms with van der Waals surface area (Å²) in [7, 11) is 0. The summed E-state index contributed by atoms with van der Waals surface area (Å²) in [6, 6.07) is -2.99. The first-order chi connectivity index (χ1) is 11.5. The molecule has 0 aromatic heterocycles. The average molecular weight is 358 g/mol. The minimum atomic E-state index is -1.18. The minimum absolute atomic E-state index is 0.0360. The molecule has 0 aromatic rings. The van der Waals surface area contributed by atoms with Gasteiger partial charge in [0.1, 0.15) is 12.1 Å². The Kier molecular flexibility index (Phi) is 9.73. The molecule has 9 heteroatoms. The Morgan fingerprint density at radius 1 is 1.00 bits per heavy atom. The molecular weight excluding hydrogens is 328 g/mol. The number of nitrogens with one attached hydrogen (secondary N) is 2. The molecular formula is C16H30N4O5. The zero-order chi connectivity index (χ0) is 19.7. The van der Waals surface area contributed by atoms with Crippen molar-refractivity contribution in [3.63, 3.8) is 0 Å². The summed E-state index contributed by atoms with van der Waals surface area (Å²) in [6.45, 7) is 7.11. The summed E-state index contributed by atoms with van der Waals surface area (Å²) in [5, 5.41) is 14.0. The van der Waals surface area contributed by atoms with Crippen molar-refractivity contribution in [2.75, 3.05) is 0 Å². The normalized spacial score (nSPS) is 14.7. The van der Waals surface area contributed by atoms with E-state index in [1.165, 1.54) is 0 Å². The number of primary amides is 1. The van der Waals surface area contributed by atoms with Gasteiger partial charge >= 0.3 is 5.97 Å². The summed E-state index contributed by atoms with van der Waals surface area (Å²) >= 11 is 0. The van der Waals surface area contributed by atoms with Crippen LogP contribution in [0.15, 0.2) is 0 Å². The van der Waals surface area contributed by atoms with Gasteiger partial charge in [0.05, 0.1) is 6.04 Å². The largest absolute Gasteiger partial charge is 0.480 e. The van der Waals surface area contributed by atoms with Crippen LogP contribution in [0.25, 0.3) is 0 Å². The zero-order valence-corrected chi connectivity index (χ0v) is 15.2. The highest BCUT2D eigenvalue weighted by molar-refractivity contribution is 5.92. The maximum atomic E-state index is 12.4. The van der Waals surface area contributed by atoms with Crippen molar-refractivity contribution in [2.45, 2.75) is 65.1 Å². The number of rotatable bonds is 11. The first kappa shape index (κ1) is 22.8. The van der Waals surface area contributed by atoms with Gasteiger partial charge in [-0.2, -0.15) is 0 Å². The van der Waals surface area contributed by atoms with Gasteiger partial charge in [-0.3, -0.25) is 14.4 Å². The zero-order valence-electron chi connectivity index (χ0n) is 15.2. The van der Waals surface area contributed by atoms with Crippen molar-refractivity contribution in [2.24, 2.45) is 23.3 Å². The fourth-order valence-electron chi connectivity index (χ4n) is 2.22.